The molecule has 0 unspecified atom stereocenters. The Labute approximate surface area is 836 Å². The van der Waals surface area contributed by atoms with E-state index in [-0.39, 0.29) is 0 Å². The summed E-state index contributed by atoms with van der Waals surface area (Å²) >= 11 is 0. The molecule has 0 aliphatic carbocycles. The highest BCUT2D eigenvalue weighted by Crippen LogP contribution is 2.11. The highest BCUT2D eigenvalue weighted by Gasteiger charge is 1.98. The van der Waals surface area contributed by atoms with E-state index in [0.717, 1.165) is 131 Å². The van der Waals surface area contributed by atoms with Crippen molar-refractivity contribution in [3.8, 4) is 107 Å². The highest BCUT2D eigenvalue weighted by molar-refractivity contribution is 5.15. The van der Waals surface area contributed by atoms with Crippen LogP contribution in [0.1, 0.15) is 448 Å². The molecule has 0 amide bonds. The van der Waals surface area contributed by atoms with Crippen LogP contribution in [0.4, 0.5) is 0 Å². The van der Waals surface area contributed by atoms with E-state index in [1.165, 1.54) is 32.1 Å². The standard InChI is InChI=1S/C14H24.C14H22.C14H20.C13H24.C12H18.C11H20.C11H16.C10H20.C10H18.C8H16.C8H14.C7H16/c3*1-13(2)11-9-7-5-6-8-10-12-14(3)4;1-12(2)10-8-6-5-7-9-11-13(3)4;1-11(2)9-7-5-6-8-10-12(3)4;2*1-10(2)8-6-5-7-9-11(3)4;2*1-9(2)7-5-6-8-10(3)4;2*1-7(2)5-6-8(3)4;1-6(2)5-7(3)4/h5-6,9-14H,7-8H2,1-4H3;9-14H,7-8H2,1-4H3;5-6,13-14H,7-8H2,1-4H3;6-9,12-13H,5,10-11H2,1-4H3;11-12H,5,10H2,1-4H3;6-11H,5H2,1-4H3;10-11H,5H2,1-4H3;5-6,9-10H,7-8H2,1-4H3;9-10H,7-8H2,1-4H3;5-8H,1-4H3;7-8H,1-4H3;6-7H,5H2,1-4H3/b6-5+,11-9+,12-10+;11-9+,12-10+;6-5+;8-6+,9-7+;;8-6+,9-7+;;6-5+;;6-5+;;. The van der Waals surface area contributed by atoms with Gasteiger partial charge in [-0.2, -0.15) is 0 Å². The maximum Gasteiger partial charge on any atom is 0.0702 e. The van der Waals surface area contributed by atoms with Crippen molar-refractivity contribution in [3.05, 3.63) is 146 Å². The molecule has 132 heavy (non-hydrogen) atoms. The van der Waals surface area contributed by atoms with Crippen molar-refractivity contribution in [2.75, 3.05) is 0 Å². The zero-order valence-corrected chi connectivity index (χ0v) is 97.4. The summed E-state index contributed by atoms with van der Waals surface area (Å²) in [5, 5.41) is 0. The van der Waals surface area contributed by atoms with Crippen LogP contribution in [-0.4, -0.2) is 0 Å². The predicted molar refractivity (Wildman–Crippen MR) is 619 cm³/mol. The van der Waals surface area contributed by atoms with Crippen molar-refractivity contribution in [3.63, 3.8) is 0 Å². The molecule has 0 aromatic rings. The van der Waals surface area contributed by atoms with Gasteiger partial charge in [-0.25, -0.2) is 0 Å². The third-order valence-electron chi connectivity index (χ3n) is 15.1. The van der Waals surface area contributed by atoms with Gasteiger partial charge in [0.05, 0.1) is 12.8 Å². The molecule has 0 aromatic carbocycles. The Morgan fingerprint density at radius 2 is 0.333 bits per heavy atom. The van der Waals surface area contributed by atoms with E-state index in [4.69, 9.17) is 0 Å². The molecule has 0 aliphatic rings. The first kappa shape index (κ1) is 150. The molecule has 0 fully saturated rings. The maximum absolute atomic E-state index is 3.17. The second-order valence-electron chi connectivity index (χ2n) is 42.7. The fraction of sp³-hybridized carbons (Fsp3) is 0.682. The normalized spacial score (nSPS) is 11.1. The quantitative estimate of drug-likeness (QED) is 0.0454. The largest absolute Gasteiger partial charge is 0.103 e. The van der Waals surface area contributed by atoms with E-state index in [1.54, 1.807) is 0 Å². The Morgan fingerprint density at radius 3 is 0.545 bits per heavy atom. The van der Waals surface area contributed by atoms with Crippen molar-refractivity contribution >= 4 is 0 Å². The topological polar surface area (TPSA) is 0 Å². The molecule has 0 atom stereocenters. The second-order valence-corrected chi connectivity index (χ2v) is 42.7. The molecule has 0 spiro atoms. The lowest BCUT2D eigenvalue weighted by molar-refractivity contribution is 0.469. The summed E-state index contributed by atoms with van der Waals surface area (Å²) in [6, 6.07) is 0. The SMILES string of the molecule is CC(C)/C=C/C(C)C.CC(C)/C=C/C/C=C/C(C)C.CC(C)/C=C/C/C=C/C/C=C/C(C)C.CC(C)/C=C/CC#CC/C=C/C(C)C.CC(C)C#CC(C)C.CC(C)C#CC/C=C/CC#CC(C)C.CC(C)C#CCC#CC(C)C.CC(C)C#CCC#CCC(C)C.CC(C)C/C=C/C/C=C/CC(C)C.CC(C)C/C=C/CC(C)C.CC(C)CC#CCC(C)C.CC(C)CC(C)C. The first-order valence-electron chi connectivity index (χ1n) is 52.7. The van der Waals surface area contributed by atoms with Crippen molar-refractivity contribution < 1.29 is 0 Å². The number of hydrogen-bond acceptors (Lipinski definition) is 0. The van der Waals surface area contributed by atoms with Crippen LogP contribution in [-0.2, 0) is 0 Å². The monoisotopic (exact) mass is 1810 g/mol. The Balaban J connectivity index is -0.000000120. The Bertz CT molecular complexity index is 3220. The maximum atomic E-state index is 3.17. The van der Waals surface area contributed by atoms with Crippen LogP contribution in [0.15, 0.2) is 146 Å². The van der Waals surface area contributed by atoms with Crippen LogP contribution in [0.3, 0.4) is 0 Å². The third-order valence-corrected chi connectivity index (χ3v) is 15.1. The molecule has 0 aliphatic heterocycles. The average Bonchev–Trinajstić information content (AvgIpc) is 1.13. The van der Waals surface area contributed by atoms with Gasteiger partial charge in [0.1, 0.15) is 0 Å². The van der Waals surface area contributed by atoms with Gasteiger partial charge in [-0.05, 0) is 158 Å². The summed E-state index contributed by atoms with van der Waals surface area (Å²) in [5.41, 5.74) is 0. The zero-order chi connectivity index (χ0) is 104. The molecule has 0 bridgehead atoms. The lowest BCUT2D eigenvalue weighted by atomic mass is 10.0. The predicted octanol–water partition coefficient (Wildman–Crippen LogP) is 41.3. The van der Waals surface area contributed by atoms with Crippen LogP contribution in [0.5, 0.6) is 0 Å². The summed E-state index contributed by atoms with van der Waals surface area (Å²) in [5.74, 6) is 71.5. The van der Waals surface area contributed by atoms with Crippen LogP contribution in [0.2, 0.25) is 0 Å². The van der Waals surface area contributed by atoms with E-state index in [0.29, 0.717) is 94.7 Å². The molecule has 0 heterocycles. The van der Waals surface area contributed by atoms with E-state index in [2.05, 4.69) is 585 Å². The van der Waals surface area contributed by atoms with Gasteiger partial charge in [0, 0.05) is 86.4 Å². The Morgan fingerprint density at radius 1 is 0.144 bits per heavy atom. The van der Waals surface area contributed by atoms with Gasteiger partial charge in [-0.15, -0.1) is 41.4 Å². The number of allylic oxidation sites excluding steroid dienone is 24. The smallest absolute Gasteiger partial charge is 0.0702 e. The van der Waals surface area contributed by atoms with E-state index in [1.807, 2.05) is 0 Å². The van der Waals surface area contributed by atoms with Crippen LogP contribution in [0.25, 0.3) is 0 Å². The number of hydrogen-bond donors (Lipinski definition) is 0. The molecule has 0 heteroatoms. The molecule has 0 nitrogen and oxygen atoms in total. The van der Waals surface area contributed by atoms with Gasteiger partial charge >= 0.3 is 0 Å². The molecule has 0 saturated carbocycles. The van der Waals surface area contributed by atoms with Crippen LogP contribution < -0.4 is 0 Å². The fourth-order valence-corrected chi connectivity index (χ4v) is 8.79. The molecule has 0 rings (SSSR count). The first-order chi connectivity index (χ1) is 61.5. The minimum Gasteiger partial charge on any atom is -0.103 e. The van der Waals surface area contributed by atoms with Gasteiger partial charge in [0.25, 0.3) is 0 Å². The Hall–Kier alpha value is -7.08. The highest BCUT2D eigenvalue weighted by atomic mass is 14.0. The summed E-state index contributed by atoms with van der Waals surface area (Å²) in [6.07, 6.45) is 71.9. The molecule has 0 aromatic heterocycles. The van der Waals surface area contributed by atoms with Gasteiger partial charge in [0.2, 0.25) is 0 Å². The summed E-state index contributed by atoms with van der Waals surface area (Å²) in [6.45, 7) is 105. The minimum atomic E-state index is 0.468. The summed E-state index contributed by atoms with van der Waals surface area (Å²) in [7, 11) is 0. The molecular weight excluding hydrogens is 1590 g/mol. The van der Waals surface area contributed by atoms with Crippen molar-refractivity contribution in [1.82, 2.24) is 0 Å². The van der Waals surface area contributed by atoms with Gasteiger partial charge in [-0.1, -0.05) is 543 Å². The van der Waals surface area contributed by atoms with Crippen molar-refractivity contribution in [2.45, 2.75) is 448 Å². The average molecular weight is 1820 g/mol. The van der Waals surface area contributed by atoms with E-state index < -0.39 is 0 Å². The molecular formula is C132H228. The van der Waals surface area contributed by atoms with E-state index >= 15 is 0 Å². The Kier molecular flexibility index (Phi) is 137. The van der Waals surface area contributed by atoms with Crippen LogP contribution in [0, 0.1) is 249 Å². The zero-order valence-electron chi connectivity index (χ0n) is 97.4. The molecule has 0 N–H and O–H groups in total. The van der Waals surface area contributed by atoms with Gasteiger partial charge < -0.3 is 0 Å². The summed E-state index contributed by atoms with van der Waals surface area (Å²) in [4.78, 5) is 0. The number of rotatable bonds is 33. The molecule has 0 saturated heterocycles. The lowest BCUT2D eigenvalue weighted by Crippen LogP contribution is -1.93. The fourth-order valence-electron chi connectivity index (χ4n) is 8.79. The van der Waals surface area contributed by atoms with Gasteiger partial charge in [-0.3, -0.25) is 0 Å². The molecule has 0 radical (unpaired) electrons. The first-order valence-corrected chi connectivity index (χ1v) is 52.7. The van der Waals surface area contributed by atoms with E-state index in [9.17, 15) is 0 Å². The van der Waals surface area contributed by atoms with Crippen molar-refractivity contribution in [2.24, 2.45) is 142 Å². The third kappa shape index (κ3) is 231. The molecule has 756 valence electrons. The van der Waals surface area contributed by atoms with Crippen molar-refractivity contribution in [1.29, 1.82) is 0 Å². The van der Waals surface area contributed by atoms with Crippen LogP contribution >= 0.6 is 0 Å². The minimum absolute atomic E-state index is 0.468. The second kappa shape index (κ2) is 120. The summed E-state index contributed by atoms with van der Waals surface area (Å²) < 4.78 is 0. The van der Waals surface area contributed by atoms with Gasteiger partial charge in [0.15, 0.2) is 0 Å². The lowest BCUT2D eigenvalue weighted by Gasteiger charge is -2.05.